The second-order valence-corrected chi connectivity index (χ2v) is 28.9. The second-order valence-electron chi connectivity index (χ2n) is 27.8. The van der Waals surface area contributed by atoms with Crippen LogP contribution in [0.3, 0.4) is 0 Å². The van der Waals surface area contributed by atoms with E-state index in [1.165, 1.54) is 114 Å². The maximum atomic E-state index is 7.62. The molecule has 0 bridgehead atoms. The lowest BCUT2D eigenvalue weighted by Crippen LogP contribution is -2.60. The fourth-order valence-electron chi connectivity index (χ4n) is 14.5. The summed E-state index contributed by atoms with van der Waals surface area (Å²) in [7, 11) is 0. The van der Waals surface area contributed by atoms with E-state index in [9.17, 15) is 0 Å². The van der Waals surface area contributed by atoms with Gasteiger partial charge in [0.25, 0.3) is 0 Å². The summed E-state index contributed by atoms with van der Waals surface area (Å²) >= 11 is 1.98. The Balaban J connectivity index is 1.17. The lowest BCUT2D eigenvalue weighted by atomic mass is 9.46. The largest absolute Gasteiger partial charge is 0.466 e. The summed E-state index contributed by atoms with van der Waals surface area (Å²) in [4.78, 5) is 2.64. The van der Waals surface area contributed by atoms with E-state index >= 15 is 0 Å². The van der Waals surface area contributed by atoms with Crippen molar-refractivity contribution in [3.8, 4) is 16.8 Å². The van der Waals surface area contributed by atoms with E-state index in [1.54, 1.807) is 0 Å². The molecule has 11 aromatic rings. The van der Waals surface area contributed by atoms with Gasteiger partial charge in [-0.25, -0.2) is 0 Å². The van der Waals surface area contributed by atoms with Crippen molar-refractivity contribution in [2.24, 2.45) is 0 Å². The maximum Gasteiger partial charge on any atom is 0.376 e. The summed E-state index contributed by atoms with van der Waals surface area (Å²) in [5.74, 6) is 0. The Hall–Kier alpha value is -6.24. The molecule has 0 saturated carbocycles. The molecule has 6 heterocycles. The van der Waals surface area contributed by atoms with Gasteiger partial charge in [-0.2, -0.15) is 0 Å². The first-order valence-corrected chi connectivity index (χ1v) is 28.3. The number of anilines is 2. The number of benzene rings is 7. The number of hydrogen-bond donors (Lipinski definition) is 0. The minimum absolute atomic E-state index is 0.00378. The topological polar surface area (TPSA) is 34.5 Å². The molecule has 4 nitrogen and oxygen atoms in total. The number of rotatable bonds is 1. The zero-order valence-corrected chi connectivity index (χ0v) is 46.7. The molecule has 0 saturated heterocycles. The number of furan rings is 2. The predicted molar refractivity (Wildman–Crippen MR) is 318 cm³/mol. The van der Waals surface area contributed by atoms with Gasteiger partial charge in [0.2, 0.25) is 0 Å². The lowest BCUT2D eigenvalue weighted by Gasteiger charge is -2.42. The van der Waals surface area contributed by atoms with Gasteiger partial charge in [-0.05, 0) is 163 Å². The van der Waals surface area contributed by atoms with E-state index < -0.39 is 0 Å². The molecule has 370 valence electrons. The molecule has 0 atom stereocenters. The first kappa shape index (κ1) is 45.2. The molecule has 0 unspecified atom stereocenters. The van der Waals surface area contributed by atoms with E-state index in [1.807, 2.05) is 11.3 Å². The zero-order chi connectivity index (χ0) is 51.3. The maximum absolute atomic E-state index is 7.62. The second kappa shape index (κ2) is 14.0. The Bertz CT molecular complexity index is 4340. The van der Waals surface area contributed by atoms with Gasteiger partial charge in [-0.1, -0.05) is 133 Å². The summed E-state index contributed by atoms with van der Waals surface area (Å²) in [5.41, 5.74) is 22.3. The number of fused-ring (bicyclic) bond motifs is 20. The van der Waals surface area contributed by atoms with Gasteiger partial charge in [0.15, 0.2) is 0 Å². The summed E-state index contributed by atoms with van der Waals surface area (Å²) in [6, 6.07) is 40.7. The fourth-order valence-corrected chi connectivity index (χ4v) is 15.8. The molecule has 0 fully saturated rings. The monoisotopic (exact) mass is 987 g/mol. The third-order valence-corrected chi connectivity index (χ3v) is 20.4. The van der Waals surface area contributed by atoms with Crippen LogP contribution in [-0.4, -0.2) is 11.4 Å². The lowest BCUT2D eigenvalue weighted by molar-refractivity contribution is 0.332. The normalized spacial score (nSPS) is 18.3. The van der Waals surface area contributed by atoms with Crippen molar-refractivity contribution in [1.29, 1.82) is 0 Å². The molecule has 15 rings (SSSR count). The van der Waals surface area contributed by atoms with Gasteiger partial charge in [-0.15, -0.1) is 11.3 Å². The van der Waals surface area contributed by atoms with Crippen LogP contribution in [0.5, 0.6) is 0 Å². The van der Waals surface area contributed by atoms with Crippen molar-refractivity contribution in [2.45, 2.75) is 155 Å². The average molecular weight is 987 g/mol. The van der Waals surface area contributed by atoms with E-state index in [0.717, 1.165) is 59.5 Å². The third-order valence-electron chi connectivity index (χ3n) is 19.2. The van der Waals surface area contributed by atoms with E-state index in [2.05, 4.69) is 209 Å². The minimum atomic E-state index is -0.293. The minimum Gasteiger partial charge on any atom is -0.466 e. The number of hydrogen-bond acceptors (Lipinski definition) is 4. The van der Waals surface area contributed by atoms with Crippen molar-refractivity contribution in [3.05, 3.63) is 137 Å². The number of thiophene rings is 1. The van der Waals surface area contributed by atoms with Crippen LogP contribution in [0.15, 0.2) is 112 Å². The van der Waals surface area contributed by atoms with Crippen LogP contribution in [0.2, 0.25) is 0 Å². The molecular formula is C68H67BN2O2S. The van der Waals surface area contributed by atoms with Crippen molar-refractivity contribution >= 4 is 116 Å². The summed E-state index contributed by atoms with van der Waals surface area (Å²) in [6.07, 6.45) is 4.63. The number of nitrogens with zero attached hydrogens (tertiary/aromatic N) is 2. The Labute approximate surface area is 439 Å². The Morgan fingerprint density at radius 3 is 1.77 bits per heavy atom. The van der Waals surface area contributed by atoms with E-state index in [4.69, 9.17) is 8.83 Å². The summed E-state index contributed by atoms with van der Waals surface area (Å²) in [6.45, 7) is 33.2. The fraction of sp³-hybridized carbons (Fsp3) is 0.353. The molecule has 6 heteroatoms. The van der Waals surface area contributed by atoms with Crippen molar-refractivity contribution in [2.75, 3.05) is 4.81 Å². The molecule has 4 aliphatic rings. The van der Waals surface area contributed by atoms with Gasteiger partial charge < -0.3 is 18.2 Å². The molecule has 0 radical (unpaired) electrons. The highest BCUT2D eigenvalue weighted by Gasteiger charge is 2.50. The van der Waals surface area contributed by atoms with Crippen LogP contribution < -0.4 is 15.9 Å². The highest BCUT2D eigenvalue weighted by atomic mass is 32.1. The summed E-state index contributed by atoms with van der Waals surface area (Å²) < 4.78 is 20.2. The molecule has 0 N–H and O–H groups in total. The predicted octanol–water partition coefficient (Wildman–Crippen LogP) is 18.3. The molecule has 74 heavy (non-hydrogen) atoms. The molecular weight excluding hydrogens is 920 g/mol. The molecule has 0 amide bonds. The highest BCUT2D eigenvalue weighted by molar-refractivity contribution is 7.27. The van der Waals surface area contributed by atoms with Crippen molar-refractivity contribution in [3.63, 3.8) is 0 Å². The van der Waals surface area contributed by atoms with Crippen molar-refractivity contribution < 1.29 is 8.83 Å². The molecule has 0 spiro atoms. The smallest absolute Gasteiger partial charge is 0.376 e. The van der Waals surface area contributed by atoms with Gasteiger partial charge in [0.05, 0.1) is 16.7 Å². The first-order valence-electron chi connectivity index (χ1n) is 27.4. The van der Waals surface area contributed by atoms with Gasteiger partial charge >= 0.3 is 6.85 Å². The van der Waals surface area contributed by atoms with Crippen molar-refractivity contribution in [1.82, 2.24) is 4.57 Å². The van der Waals surface area contributed by atoms with E-state index in [-0.39, 0.29) is 39.3 Å². The Morgan fingerprint density at radius 1 is 0.527 bits per heavy atom. The number of aromatic nitrogens is 1. The van der Waals surface area contributed by atoms with Crippen LogP contribution in [0.1, 0.15) is 156 Å². The molecule has 7 aromatic carbocycles. The summed E-state index contributed by atoms with van der Waals surface area (Å²) in [5, 5.41) is 8.92. The standard InChI is InChI=1S/C68H67BN2O2S/c1-63(2,3)36-19-22-38(23-20-36)71-50-35-53-40(41-31-45-48(34-52(41)72-53)68(13,14)28-26-65(45,7)8)30-42(50)55-56-39-17-15-16-18-54(39)74-61(56)57-43-32-46-47(67(11,12)27-25-66(46,9)10)33-49(43)70-59-44-29-37(64(4,5)6)21-24-51(44)73-62(59)69(71)58(55)60(57)70/h15-24,29-35H,25-28H2,1-14H3. The average Bonchev–Trinajstić information content (AvgIpc) is 4.13. The highest BCUT2D eigenvalue weighted by Crippen LogP contribution is 2.57. The van der Waals surface area contributed by atoms with Gasteiger partial charge in [0.1, 0.15) is 22.4 Å². The van der Waals surface area contributed by atoms with Crippen LogP contribution in [0, 0.1) is 0 Å². The van der Waals surface area contributed by atoms with Gasteiger partial charge in [0, 0.05) is 70.1 Å². The van der Waals surface area contributed by atoms with E-state index in [0.29, 0.717) is 0 Å². The molecule has 4 aromatic heterocycles. The van der Waals surface area contributed by atoms with Crippen LogP contribution in [0.4, 0.5) is 11.4 Å². The SMILES string of the molecule is CC(C)(C)c1ccc(N2B3c4oc5ccc(C(C)(C)C)cc5c4-n4c5cc6c(cc5c5c7sc8ccccc8c7c(c3c54)-c3cc4c(cc32)oc2cc3c(cc24)C(C)(C)CCC3(C)C)C(C)(C)CCC6(C)C)cc1. The first-order chi connectivity index (χ1) is 34.9. The van der Waals surface area contributed by atoms with Gasteiger partial charge in [-0.3, -0.25) is 0 Å². The third kappa shape index (κ3) is 5.82. The quantitative estimate of drug-likeness (QED) is 0.154. The van der Waals surface area contributed by atoms with Crippen LogP contribution >= 0.6 is 11.3 Å². The molecule has 2 aliphatic heterocycles. The van der Waals surface area contributed by atoms with Crippen LogP contribution in [0.25, 0.3) is 91.7 Å². The molecule has 2 aliphatic carbocycles. The van der Waals surface area contributed by atoms with Crippen LogP contribution in [-0.2, 0) is 32.5 Å². The Kier molecular flexibility index (Phi) is 8.53. The Morgan fingerprint density at radius 2 is 1.11 bits per heavy atom. The zero-order valence-electron chi connectivity index (χ0n) is 45.8.